The van der Waals surface area contributed by atoms with Crippen LogP contribution in [0.15, 0.2) is 30.3 Å². The molecule has 1 unspecified atom stereocenters. The highest BCUT2D eigenvalue weighted by molar-refractivity contribution is 5.30. The quantitative estimate of drug-likeness (QED) is 0.830. The van der Waals surface area contributed by atoms with Gasteiger partial charge >= 0.3 is 0 Å². The molecule has 0 aliphatic heterocycles. The van der Waals surface area contributed by atoms with E-state index in [1.54, 1.807) is 4.68 Å². The Morgan fingerprint density at radius 1 is 1.33 bits per heavy atom. The molecule has 1 saturated carbocycles. The topological polar surface area (TPSA) is 58.9 Å². The van der Waals surface area contributed by atoms with E-state index in [1.165, 1.54) is 12.8 Å². The van der Waals surface area contributed by atoms with Crippen molar-refractivity contribution in [1.82, 2.24) is 30.4 Å². The molecule has 1 aromatic heterocycles. The van der Waals surface area contributed by atoms with E-state index in [2.05, 4.69) is 39.7 Å². The maximum Gasteiger partial charge on any atom is 0.170 e. The number of hydrogen-bond donors (Lipinski definition) is 1. The molecule has 6 heteroatoms. The molecule has 0 saturated heterocycles. The van der Waals surface area contributed by atoms with Crippen molar-refractivity contribution in [3.05, 3.63) is 36.2 Å². The number of nitrogens with one attached hydrogen (secondary N) is 1. The van der Waals surface area contributed by atoms with Crippen molar-refractivity contribution in [1.29, 1.82) is 0 Å². The van der Waals surface area contributed by atoms with Gasteiger partial charge in [0.05, 0.1) is 12.2 Å². The molecule has 1 N–H and O–H groups in total. The number of hydrogen-bond acceptors (Lipinski definition) is 5. The van der Waals surface area contributed by atoms with Crippen LogP contribution in [-0.2, 0) is 6.54 Å². The first-order valence-corrected chi connectivity index (χ1v) is 7.51. The van der Waals surface area contributed by atoms with Crippen LogP contribution in [0.2, 0.25) is 0 Å². The molecule has 1 heterocycles. The van der Waals surface area contributed by atoms with Crippen LogP contribution < -0.4 is 5.32 Å². The first kappa shape index (κ1) is 14.2. The van der Waals surface area contributed by atoms with Crippen molar-refractivity contribution in [2.75, 3.05) is 13.6 Å². The molecule has 112 valence electrons. The fourth-order valence-electron chi connectivity index (χ4n) is 2.46. The Morgan fingerprint density at radius 2 is 2.10 bits per heavy atom. The SMILES string of the molecule is CC(CNCc1nnnn1-c1ccccc1)N(C)C1CC1. The maximum absolute atomic E-state index is 4.11. The van der Waals surface area contributed by atoms with Crippen molar-refractivity contribution in [2.45, 2.75) is 38.4 Å². The lowest BCUT2D eigenvalue weighted by Gasteiger charge is -2.24. The molecule has 21 heavy (non-hydrogen) atoms. The number of benzene rings is 1. The summed E-state index contributed by atoms with van der Waals surface area (Å²) in [4.78, 5) is 2.45. The summed E-state index contributed by atoms with van der Waals surface area (Å²) in [7, 11) is 2.21. The summed E-state index contributed by atoms with van der Waals surface area (Å²) in [6.45, 7) is 3.87. The molecule has 3 rings (SSSR count). The van der Waals surface area contributed by atoms with Gasteiger partial charge in [-0.05, 0) is 49.4 Å². The number of rotatable bonds is 7. The largest absolute Gasteiger partial charge is 0.308 e. The van der Waals surface area contributed by atoms with Gasteiger partial charge in [-0.2, -0.15) is 4.68 Å². The van der Waals surface area contributed by atoms with Crippen LogP contribution in [0.25, 0.3) is 5.69 Å². The summed E-state index contributed by atoms with van der Waals surface area (Å²) in [5.74, 6) is 0.836. The van der Waals surface area contributed by atoms with Crippen LogP contribution in [0.4, 0.5) is 0 Å². The zero-order valence-electron chi connectivity index (χ0n) is 12.6. The third-order valence-corrected chi connectivity index (χ3v) is 4.08. The Kier molecular flexibility index (Phi) is 4.26. The maximum atomic E-state index is 4.11. The molecular formula is C15H22N6. The van der Waals surface area contributed by atoms with Crippen LogP contribution in [0.5, 0.6) is 0 Å². The van der Waals surface area contributed by atoms with Gasteiger partial charge in [0, 0.05) is 18.6 Å². The second-order valence-electron chi connectivity index (χ2n) is 5.72. The first-order chi connectivity index (χ1) is 10.3. The third kappa shape index (κ3) is 3.46. The second-order valence-corrected chi connectivity index (χ2v) is 5.72. The smallest absolute Gasteiger partial charge is 0.170 e. The van der Waals surface area contributed by atoms with Crippen LogP contribution in [0, 0.1) is 0 Å². The normalized spacial score (nSPS) is 16.3. The molecule has 0 radical (unpaired) electrons. The molecule has 6 nitrogen and oxygen atoms in total. The molecule has 1 aromatic carbocycles. The minimum Gasteiger partial charge on any atom is -0.308 e. The van der Waals surface area contributed by atoms with E-state index in [0.29, 0.717) is 12.6 Å². The van der Waals surface area contributed by atoms with Crippen molar-refractivity contribution < 1.29 is 0 Å². The lowest BCUT2D eigenvalue weighted by molar-refractivity contribution is 0.240. The van der Waals surface area contributed by atoms with Crippen molar-refractivity contribution in [2.24, 2.45) is 0 Å². The molecule has 0 amide bonds. The molecule has 1 atom stereocenters. The van der Waals surface area contributed by atoms with Crippen LogP contribution in [0.1, 0.15) is 25.6 Å². The van der Waals surface area contributed by atoms with Crippen LogP contribution in [-0.4, -0.2) is 50.8 Å². The average Bonchev–Trinajstić information content (AvgIpc) is 3.26. The van der Waals surface area contributed by atoms with E-state index >= 15 is 0 Å². The molecule has 0 spiro atoms. The van der Waals surface area contributed by atoms with Gasteiger partial charge in [-0.15, -0.1) is 5.10 Å². The lowest BCUT2D eigenvalue weighted by atomic mass is 10.3. The zero-order valence-corrected chi connectivity index (χ0v) is 12.6. The minimum atomic E-state index is 0.526. The Morgan fingerprint density at radius 3 is 2.81 bits per heavy atom. The van der Waals surface area contributed by atoms with Gasteiger partial charge in [-0.25, -0.2) is 0 Å². The van der Waals surface area contributed by atoms with Gasteiger partial charge < -0.3 is 5.32 Å². The molecular weight excluding hydrogens is 264 g/mol. The molecule has 1 fully saturated rings. The average molecular weight is 286 g/mol. The third-order valence-electron chi connectivity index (χ3n) is 4.08. The molecule has 1 aliphatic carbocycles. The summed E-state index contributed by atoms with van der Waals surface area (Å²) in [6, 6.07) is 11.3. The summed E-state index contributed by atoms with van der Waals surface area (Å²) in [5, 5.41) is 15.4. The van der Waals surface area contributed by atoms with Crippen LogP contribution >= 0.6 is 0 Å². The van der Waals surface area contributed by atoms with Gasteiger partial charge in [0.25, 0.3) is 0 Å². The predicted molar refractivity (Wildman–Crippen MR) is 81.1 cm³/mol. The van der Waals surface area contributed by atoms with E-state index in [0.717, 1.165) is 24.1 Å². The van der Waals surface area contributed by atoms with E-state index in [9.17, 15) is 0 Å². The number of para-hydroxylation sites is 1. The van der Waals surface area contributed by atoms with Gasteiger partial charge in [0.15, 0.2) is 5.82 Å². The Hall–Kier alpha value is -1.79. The van der Waals surface area contributed by atoms with Crippen LogP contribution in [0.3, 0.4) is 0 Å². The van der Waals surface area contributed by atoms with Crippen molar-refractivity contribution in [3.8, 4) is 5.69 Å². The summed E-state index contributed by atoms with van der Waals surface area (Å²) in [6.07, 6.45) is 2.68. The second kappa shape index (κ2) is 6.32. The highest BCUT2D eigenvalue weighted by atomic mass is 15.5. The Bertz CT molecular complexity index is 563. The minimum absolute atomic E-state index is 0.526. The number of likely N-dealkylation sites (N-methyl/N-ethyl adjacent to an activating group) is 1. The highest BCUT2D eigenvalue weighted by Crippen LogP contribution is 2.26. The molecule has 2 aromatic rings. The number of aromatic nitrogens is 4. The van der Waals surface area contributed by atoms with Gasteiger partial charge in [0.2, 0.25) is 0 Å². The van der Waals surface area contributed by atoms with Gasteiger partial charge in [-0.1, -0.05) is 18.2 Å². The predicted octanol–water partition coefficient (Wildman–Crippen LogP) is 1.23. The lowest BCUT2D eigenvalue weighted by Crippen LogP contribution is -2.39. The molecule has 0 bridgehead atoms. The van der Waals surface area contributed by atoms with Gasteiger partial charge in [0.1, 0.15) is 0 Å². The van der Waals surface area contributed by atoms with E-state index < -0.39 is 0 Å². The Labute approximate surface area is 125 Å². The summed E-state index contributed by atoms with van der Waals surface area (Å²) >= 11 is 0. The van der Waals surface area contributed by atoms with Gasteiger partial charge in [-0.3, -0.25) is 4.90 Å². The van der Waals surface area contributed by atoms with Crippen molar-refractivity contribution in [3.63, 3.8) is 0 Å². The molecule has 1 aliphatic rings. The summed E-state index contributed by atoms with van der Waals surface area (Å²) in [5.41, 5.74) is 0.988. The number of nitrogens with zero attached hydrogens (tertiary/aromatic N) is 5. The number of tetrazole rings is 1. The monoisotopic (exact) mass is 286 g/mol. The standard InChI is InChI=1S/C15H22N6/c1-12(20(2)13-8-9-13)10-16-11-15-17-18-19-21(15)14-6-4-3-5-7-14/h3-7,12-13,16H,8-11H2,1-2H3. The van der Waals surface area contributed by atoms with E-state index in [4.69, 9.17) is 0 Å². The fraction of sp³-hybridized carbons (Fsp3) is 0.533. The summed E-state index contributed by atoms with van der Waals surface area (Å²) < 4.78 is 1.78. The van der Waals surface area contributed by atoms with E-state index in [-0.39, 0.29) is 0 Å². The Balaban J connectivity index is 1.55. The fourth-order valence-corrected chi connectivity index (χ4v) is 2.46. The van der Waals surface area contributed by atoms with Crippen molar-refractivity contribution >= 4 is 0 Å². The first-order valence-electron chi connectivity index (χ1n) is 7.51. The zero-order chi connectivity index (χ0) is 14.7. The van der Waals surface area contributed by atoms with E-state index in [1.807, 2.05) is 30.3 Å². The highest BCUT2D eigenvalue weighted by Gasteiger charge is 2.28.